The molecule has 2 aromatic carbocycles. The fourth-order valence-electron chi connectivity index (χ4n) is 5.49. The number of hydrogen-bond acceptors (Lipinski definition) is 5. The van der Waals surface area contributed by atoms with E-state index in [1.165, 1.54) is 5.56 Å². The summed E-state index contributed by atoms with van der Waals surface area (Å²) >= 11 is 0. The van der Waals surface area contributed by atoms with Gasteiger partial charge in [-0.25, -0.2) is 15.0 Å². The van der Waals surface area contributed by atoms with Crippen LogP contribution in [-0.4, -0.2) is 44.9 Å². The van der Waals surface area contributed by atoms with Crippen molar-refractivity contribution in [3.05, 3.63) is 78.4 Å². The van der Waals surface area contributed by atoms with Crippen LogP contribution in [0, 0.1) is 12.8 Å². The fraction of sp³-hybridized carbons (Fsp3) is 0.276. The van der Waals surface area contributed by atoms with Gasteiger partial charge < -0.3 is 10.6 Å². The van der Waals surface area contributed by atoms with Crippen molar-refractivity contribution in [2.24, 2.45) is 5.92 Å². The maximum Gasteiger partial charge on any atom is 0.150 e. The summed E-state index contributed by atoms with van der Waals surface area (Å²) in [6.07, 6.45) is 6.06. The van der Waals surface area contributed by atoms with E-state index in [1.807, 2.05) is 24.4 Å². The van der Waals surface area contributed by atoms with Gasteiger partial charge in [-0.15, -0.1) is 0 Å². The van der Waals surface area contributed by atoms with Crippen molar-refractivity contribution in [3.63, 3.8) is 0 Å². The van der Waals surface area contributed by atoms with Gasteiger partial charge in [-0.05, 0) is 57.5 Å². The summed E-state index contributed by atoms with van der Waals surface area (Å²) in [5.74, 6) is 2.75. The zero-order valence-electron chi connectivity index (χ0n) is 20.4. The molecule has 0 bridgehead atoms. The number of aromatic nitrogens is 4. The Hall–Kier alpha value is -3.77. The first-order chi connectivity index (χ1) is 17.0. The van der Waals surface area contributed by atoms with Crippen molar-refractivity contribution >= 4 is 22.2 Å². The van der Waals surface area contributed by atoms with Crippen molar-refractivity contribution in [1.29, 1.82) is 0 Å². The second-order valence-corrected chi connectivity index (χ2v) is 10.1. The molecule has 6 rings (SSSR count). The Kier molecular flexibility index (Phi) is 5.26. The molecule has 0 radical (unpaired) electrons. The number of imidazole rings is 1. The maximum absolute atomic E-state index is 6.40. The molecule has 1 fully saturated rings. The third kappa shape index (κ3) is 3.84. The first kappa shape index (κ1) is 21.7. The molecule has 5 aromatic rings. The number of fused-ring (bicyclic) bond motifs is 2. The molecule has 0 amide bonds. The van der Waals surface area contributed by atoms with Crippen LogP contribution < -0.4 is 5.73 Å². The molecule has 1 saturated carbocycles. The molecule has 0 aliphatic heterocycles. The van der Waals surface area contributed by atoms with E-state index in [0.717, 1.165) is 64.1 Å². The van der Waals surface area contributed by atoms with Gasteiger partial charge in [-0.3, -0.25) is 4.40 Å². The van der Waals surface area contributed by atoms with Crippen LogP contribution in [0.5, 0.6) is 0 Å². The van der Waals surface area contributed by atoms with E-state index < -0.39 is 0 Å². The third-order valence-electron chi connectivity index (χ3n) is 7.19. The largest absolute Gasteiger partial charge is 0.382 e. The van der Waals surface area contributed by atoms with Gasteiger partial charge in [-0.2, -0.15) is 0 Å². The lowest BCUT2D eigenvalue weighted by molar-refractivity contribution is 0.194. The van der Waals surface area contributed by atoms with E-state index in [4.69, 9.17) is 15.7 Å². The van der Waals surface area contributed by atoms with Crippen LogP contribution in [0.3, 0.4) is 0 Å². The summed E-state index contributed by atoms with van der Waals surface area (Å²) in [4.78, 5) is 16.8. The van der Waals surface area contributed by atoms with Crippen molar-refractivity contribution in [3.8, 4) is 22.5 Å². The molecule has 1 aliphatic rings. The highest BCUT2D eigenvalue weighted by molar-refractivity contribution is 5.92. The number of anilines is 1. The first-order valence-electron chi connectivity index (χ1n) is 12.2. The molecular formula is C29H30N6. The summed E-state index contributed by atoms with van der Waals surface area (Å²) in [5, 5.41) is 1.15. The molecule has 2 N–H and O–H groups in total. The lowest BCUT2D eigenvalue weighted by Crippen LogP contribution is -2.32. The number of nitrogen functional groups attached to an aromatic ring is 1. The minimum absolute atomic E-state index is 0.438. The number of benzene rings is 2. The summed E-state index contributed by atoms with van der Waals surface area (Å²) in [7, 11) is 4.28. The van der Waals surface area contributed by atoms with Gasteiger partial charge in [0.2, 0.25) is 0 Å². The zero-order chi connectivity index (χ0) is 24.1. The predicted molar refractivity (Wildman–Crippen MR) is 142 cm³/mol. The molecule has 176 valence electrons. The van der Waals surface area contributed by atoms with Crippen molar-refractivity contribution in [2.75, 3.05) is 26.4 Å². The Morgan fingerprint density at radius 3 is 2.57 bits per heavy atom. The van der Waals surface area contributed by atoms with Gasteiger partial charge in [0.15, 0.2) is 0 Å². The maximum atomic E-state index is 6.40. The van der Waals surface area contributed by atoms with Crippen molar-refractivity contribution in [2.45, 2.75) is 25.7 Å². The van der Waals surface area contributed by atoms with E-state index in [9.17, 15) is 0 Å². The predicted octanol–water partition coefficient (Wildman–Crippen LogP) is 5.56. The summed E-state index contributed by atoms with van der Waals surface area (Å²) in [6, 6.07) is 18.9. The van der Waals surface area contributed by atoms with Gasteiger partial charge in [-0.1, -0.05) is 42.5 Å². The highest BCUT2D eigenvalue weighted by Crippen LogP contribution is 2.43. The average Bonchev–Trinajstić information content (AvgIpc) is 3.21. The Morgan fingerprint density at radius 1 is 1.00 bits per heavy atom. The van der Waals surface area contributed by atoms with Gasteiger partial charge in [0, 0.05) is 41.4 Å². The Bertz CT molecular complexity index is 1530. The molecule has 1 aliphatic carbocycles. The number of hydrogen-bond donors (Lipinski definition) is 1. The molecule has 3 aromatic heterocycles. The smallest absolute Gasteiger partial charge is 0.150 e. The molecule has 0 unspecified atom stereocenters. The fourth-order valence-corrected chi connectivity index (χ4v) is 5.49. The van der Waals surface area contributed by atoms with Gasteiger partial charge in [0.05, 0.1) is 11.2 Å². The highest BCUT2D eigenvalue weighted by atomic mass is 15.1. The molecule has 0 saturated heterocycles. The van der Waals surface area contributed by atoms with Crippen LogP contribution in [0.2, 0.25) is 0 Å². The van der Waals surface area contributed by atoms with Crippen LogP contribution in [0.1, 0.15) is 30.1 Å². The monoisotopic (exact) mass is 462 g/mol. The van der Waals surface area contributed by atoms with E-state index in [2.05, 4.69) is 71.7 Å². The number of aryl methyl sites for hydroxylation is 1. The molecule has 6 heteroatoms. The van der Waals surface area contributed by atoms with E-state index in [-0.39, 0.29) is 0 Å². The number of rotatable bonds is 5. The second-order valence-electron chi connectivity index (χ2n) is 10.1. The van der Waals surface area contributed by atoms with Crippen molar-refractivity contribution < 1.29 is 0 Å². The zero-order valence-corrected chi connectivity index (χ0v) is 20.4. The summed E-state index contributed by atoms with van der Waals surface area (Å²) < 4.78 is 2.15. The highest BCUT2D eigenvalue weighted by Gasteiger charge is 2.34. The minimum atomic E-state index is 0.438. The average molecular weight is 463 g/mol. The normalized spacial score (nSPS) is 17.8. The van der Waals surface area contributed by atoms with E-state index in [1.54, 1.807) is 6.20 Å². The summed E-state index contributed by atoms with van der Waals surface area (Å²) in [6.45, 7) is 3.26. The number of nitrogens with two attached hydrogens (primary N) is 1. The van der Waals surface area contributed by atoms with Crippen LogP contribution in [0.25, 0.3) is 38.9 Å². The molecule has 3 heterocycles. The van der Waals surface area contributed by atoms with E-state index >= 15 is 0 Å². The van der Waals surface area contributed by atoms with Gasteiger partial charge in [0.1, 0.15) is 22.9 Å². The first-order valence-corrected chi connectivity index (χ1v) is 12.2. The standard InChI is InChI=1S/C29H30N6/c1-18-13-24(20-7-5-4-6-8-20)32-25-16-21(9-10-23(18)25)26-27-28(30)31-11-12-35(27)29(33-26)22-14-19(15-22)17-34(2)3/h4-13,16,19,22H,14-15,17H2,1-3H3,(H2,30,31)/t19-,22-. The second kappa shape index (κ2) is 8.47. The Morgan fingerprint density at radius 2 is 1.80 bits per heavy atom. The molecule has 0 atom stereocenters. The minimum Gasteiger partial charge on any atom is -0.382 e. The Labute approximate surface area is 205 Å². The van der Waals surface area contributed by atoms with Crippen molar-refractivity contribution in [1.82, 2.24) is 24.3 Å². The van der Waals surface area contributed by atoms with Crippen LogP contribution in [-0.2, 0) is 0 Å². The van der Waals surface area contributed by atoms with Crippen LogP contribution in [0.15, 0.2) is 67.0 Å². The molecule has 35 heavy (non-hydrogen) atoms. The third-order valence-corrected chi connectivity index (χ3v) is 7.19. The van der Waals surface area contributed by atoms with Gasteiger partial charge in [0.25, 0.3) is 0 Å². The topological polar surface area (TPSA) is 72.3 Å². The Balaban J connectivity index is 1.45. The number of pyridine rings is 1. The lowest BCUT2D eigenvalue weighted by atomic mass is 9.74. The molecular weight excluding hydrogens is 432 g/mol. The lowest BCUT2D eigenvalue weighted by Gasteiger charge is -2.36. The number of nitrogens with zero attached hydrogens (tertiary/aromatic N) is 5. The quantitative estimate of drug-likeness (QED) is 0.370. The van der Waals surface area contributed by atoms with E-state index in [0.29, 0.717) is 17.7 Å². The van der Waals surface area contributed by atoms with Crippen LogP contribution in [0.4, 0.5) is 5.82 Å². The van der Waals surface area contributed by atoms with Crippen LogP contribution >= 0.6 is 0 Å². The molecule has 6 nitrogen and oxygen atoms in total. The summed E-state index contributed by atoms with van der Waals surface area (Å²) in [5.41, 5.74) is 13.4. The van der Waals surface area contributed by atoms with Gasteiger partial charge >= 0.3 is 0 Å². The SMILES string of the molecule is Cc1cc(-c2ccccc2)nc2cc(-c3nc([C@H]4C[C@H](CN(C)C)C4)n4ccnc(N)c34)ccc12. The molecule has 0 spiro atoms.